The summed E-state index contributed by atoms with van der Waals surface area (Å²) in [7, 11) is 0. The van der Waals surface area contributed by atoms with Crippen molar-refractivity contribution < 1.29 is 18.0 Å². The summed E-state index contributed by atoms with van der Waals surface area (Å²) < 4.78 is 40.3. The van der Waals surface area contributed by atoms with E-state index in [1.807, 2.05) is 22.6 Å². The third kappa shape index (κ3) is 3.72. The minimum Gasteiger partial charge on any atom is -0.354 e. The van der Waals surface area contributed by atoms with Crippen LogP contribution < -0.4 is 5.32 Å². The van der Waals surface area contributed by atoms with E-state index < -0.39 is 17.0 Å². The lowest BCUT2D eigenvalue weighted by molar-refractivity contribution is -0.136. The molecule has 0 aliphatic carbocycles. The highest BCUT2D eigenvalue weighted by Gasteiger charge is 2.33. The van der Waals surface area contributed by atoms with Crippen LogP contribution in [0.15, 0.2) is 48.7 Å². The largest absolute Gasteiger partial charge is 0.418 e. The first-order valence-corrected chi connectivity index (χ1v) is 8.44. The highest BCUT2D eigenvalue weighted by molar-refractivity contribution is 14.1. The Balaban J connectivity index is 2.14. The second kappa shape index (κ2) is 6.80. The van der Waals surface area contributed by atoms with Crippen LogP contribution in [-0.2, 0) is 6.18 Å². The van der Waals surface area contributed by atoms with E-state index in [1.165, 1.54) is 18.3 Å². The smallest absolute Gasteiger partial charge is 0.354 e. The number of hydrogen-bond donors (Lipinski definition) is 1. The Kier molecular flexibility index (Phi) is 4.88. The third-order valence-corrected chi connectivity index (χ3v) is 4.41. The predicted octanol–water partition coefficient (Wildman–Crippen LogP) is 5.98. The fourth-order valence-corrected chi connectivity index (χ4v) is 3.09. The van der Waals surface area contributed by atoms with E-state index in [-0.39, 0.29) is 11.1 Å². The molecule has 0 aliphatic heterocycles. The van der Waals surface area contributed by atoms with E-state index in [4.69, 9.17) is 11.6 Å². The molecule has 0 saturated carbocycles. The zero-order chi connectivity index (χ0) is 18.2. The number of hydrogen-bond acceptors (Lipinski definition) is 3. The quantitative estimate of drug-likeness (QED) is 0.373. The Hall–Kier alpha value is -1.87. The molecule has 8 heteroatoms. The van der Waals surface area contributed by atoms with Crippen molar-refractivity contribution in [1.82, 2.24) is 4.98 Å². The van der Waals surface area contributed by atoms with Gasteiger partial charge >= 0.3 is 6.18 Å². The molecule has 3 aromatic rings. The van der Waals surface area contributed by atoms with E-state index in [1.54, 1.807) is 24.3 Å². The molecule has 128 valence electrons. The van der Waals surface area contributed by atoms with Crippen LogP contribution in [0.3, 0.4) is 0 Å². The molecule has 3 nitrogen and oxygen atoms in total. The van der Waals surface area contributed by atoms with Gasteiger partial charge < -0.3 is 5.32 Å². The van der Waals surface area contributed by atoms with Crippen molar-refractivity contribution in [1.29, 1.82) is 0 Å². The summed E-state index contributed by atoms with van der Waals surface area (Å²) in [6.07, 6.45) is -3.22. The van der Waals surface area contributed by atoms with Gasteiger partial charge in [-0.2, -0.15) is 13.2 Å². The Bertz CT molecular complexity index is 976. The molecular weight excluding hydrogens is 468 g/mol. The predicted molar refractivity (Wildman–Crippen MR) is 99.4 cm³/mol. The number of rotatable bonds is 3. The van der Waals surface area contributed by atoms with Crippen molar-refractivity contribution in [3.8, 4) is 0 Å². The number of benzene rings is 2. The van der Waals surface area contributed by atoms with Crippen LogP contribution in [0.1, 0.15) is 15.9 Å². The number of para-hydroxylation sites is 1. The average Bonchev–Trinajstić information content (AvgIpc) is 2.55. The molecule has 1 aromatic heterocycles. The van der Waals surface area contributed by atoms with Gasteiger partial charge in [0.25, 0.3) is 5.24 Å². The summed E-state index contributed by atoms with van der Waals surface area (Å²) in [5.41, 5.74) is 0.0708. The lowest BCUT2D eigenvalue weighted by Crippen LogP contribution is -2.07. The van der Waals surface area contributed by atoms with Crippen LogP contribution >= 0.6 is 34.2 Å². The summed E-state index contributed by atoms with van der Waals surface area (Å²) in [5.74, 6) is 0. The topological polar surface area (TPSA) is 42.0 Å². The van der Waals surface area contributed by atoms with Crippen molar-refractivity contribution in [2.24, 2.45) is 0 Å². The van der Waals surface area contributed by atoms with Crippen molar-refractivity contribution in [2.75, 3.05) is 5.32 Å². The summed E-state index contributed by atoms with van der Waals surface area (Å²) >= 11 is 7.65. The zero-order valence-electron chi connectivity index (χ0n) is 12.4. The van der Waals surface area contributed by atoms with E-state index in [0.717, 1.165) is 9.64 Å². The minimum absolute atomic E-state index is 0.163. The van der Waals surface area contributed by atoms with Crippen LogP contribution in [0.25, 0.3) is 10.9 Å². The molecule has 1 N–H and O–H groups in total. The molecule has 3 rings (SSSR count). The molecule has 0 bridgehead atoms. The number of nitrogens with one attached hydrogen (secondary N) is 1. The Labute approximate surface area is 159 Å². The molecule has 0 spiro atoms. The summed E-state index contributed by atoms with van der Waals surface area (Å²) in [6, 6.07) is 10.4. The van der Waals surface area contributed by atoms with Crippen LogP contribution in [0.2, 0.25) is 0 Å². The first-order valence-electron chi connectivity index (χ1n) is 6.98. The SMILES string of the molecule is O=C(Cl)c1cc(I)ccc1Nc1ccnc2c(C(F)(F)F)cccc12. The summed E-state index contributed by atoms with van der Waals surface area (Å²) in [4.78, 5) is 15.5. The zero-order valence-corrected chi connectivity index (χ0v) is 15.3. The highest BCUT2D eigenvalue weighted by Crippen LogP contribution is 2.36. The Morgan fingerprint density at radius 1 is 1.12 bits per heavy atom. The van der Waals surface area contributed by atoms with Crippen LogP contribution in [0.4, 0.5) is 24.5 Å². The summed E-state index contributed by atoms with van der Waals surface area (Å²) in [5, 5.41) is 2.62. The maximum absolute atomic E-state index is 13.2. The number of pyridine rings is 1. The van der Waals surface area contributed by atoms with Crippen molar-refractivity contribution in [3.63, 3.8) is 0 Å². The van der Waals surface area contributed by atoms with Crippen LogP contribution in [-0.4, -0.2) is 10.2 Å². The fourth-order valence-electron chi connectivity index (χ4n) is 2.45. The normalized spacial score (nSPS) is 11.6. The number of anilines is 2. The van der Waals surface area contributed by atoms with Crippen molar-refractivity contribution >= 4 is 61.7 Å². The Morgan fingerprint density at radius 2 is 1.88 bits per heavy atom. The van der Waals surface area contributed by atoms with Gasteiger partial charge in [-0.1, -0.05) is 12.1 Å². The van der Waals surface area contributed by atoms with E-state index in [9.17, 15) is 18.0 Å². The number of carbonyl (C=O) groups is 1. The monoisotopic (exact) mass is 476 g/mol. The average molecular weight is 477 g/mol. The number of fused-ring (bicyclic) bond motifs is 1. The van der Waals surface area contributed by atoms with Crippen LogP contribution in [0, 0.1) is 3.57 Å². The molecular formula is C17H9ClF3IN2O. The Morgan fingerprint density at radius 3 is 2.56 bits per heavy atom. The van der Waals surface area contributed by atoms with E-state index >= 15 is 0 Å². The van der Waals surface area contributed by atoms with Gasteiger partial charge in [-0.3, -0.25) is 9.78 Å². The van der Waals surface area contributed by atoms with Crippen molar-refractivity contribution in [2.45, 2.75) is 6.18 Å². The van der Waals surface area contributed by atoms with Gasteiger partial charge in [-0.15, -0.1) is 0 Å². The molecule has 1 heterocycles. The lowest BCUT2D eigenvalue weighted by Gasteiger charge is -2.14. The molecule has 25 heavy (non-hydrogen) atoms. The van der Waals surface area contributed by atoms with E-state index in [2.05, 4.69) is 10.3 Å². The molecule has 0 aliphatic rings. The first kappa shape index (κ1) is 17.9. The standard InChI is InChI=1S/C17H9ClF3IN2O/c18-16(25)11-8-9(22)4-5-13(11)24-14-6-7-23-15-10(14)2-1-3-12(15)17(19,20)21/h1-8H,(H,23,24). The summed E-state index contributed by atoms with van der Waals surface area (Å²) in [6.45, 7) is 0. The molecule has 0 unspecified atom stereocenters. The number of alkyl halides is 3. The first-order chi connectivity index (χ1) is 11.8. The number of nitrogens with zero attached hydrogens (tertiary/aromatic N) is 1. The van der Waals surface area contributed by atoms with Gasteiger partial charge in [0, 0.05) is 20.8 Å². The lowest BCUT2D eigenvalue weighted by atomic mass is 10.1. The third-order valence-electron chi connectivity index (χ3n) is 3.54. The maximum atomic E-state index is 13.2. The minimum atomic E-state index is -4.51. The van der Waals surface area contributed by atoms with Gasteiger partial charge in [0.1, 0.15) is 0 Å². The van der Waals surface area contributed by atoms with E-state index in [0.29, 0.717) is 16.8 Å². The number of carbonyl (C=O) groups excluding carboxylic acids is 1. The van der Waals surface area contributed by atoms with Crippen molar-refractivity contribution in [3.05, 3.63) is 63.4 Å². The van der Waals surface area contributed by atoms with Crippen LogP contribution in [0.5, 0.6) is 0 Å². The maximum Gasteiger partial charge on any atom is 0.418 e. The molecule has 0 atom stereocenters. The number of aromatic nitrogens is 1. The molecule has 0 fully saturated rings. The van der Waals surface area contributed by atoms with Gasteiger partial charge in [-0.25, -0.2) is 0 Å². The molecule has 0 amide bonds. The molecule has 0 saturated heterocycles. The second-order valence-corrected chi connectivity index (χ2v) is 6.74. The second-order valence-electron chi connectivity index (χ2n) is 5.15. The van der Waals surface area contributed by atoms with Gasteiger partial charge in [0.2, 0.25) is 0 Å². The highest BCUT2D eigenvalue weighted by atomic mass is 127. The molecule has 2 aromatic carbocycles. The number of halogens is 5. The van der Waals surface area contributed by atoms with Gasteiger partial charge in [-0.05, 0) is 64.5 Å². The fraction of sp³-hybridized carbons (Fsp3) is 0.0588. The molecule has 0 radical (unpaired) electrons. The van der Waals surface area contributed by atoms with Gasteiger partial charge in [0.15, 0.2) is 0 Å². The van der Waals surface area contributed by atoms with Gasteiger partial charge in [0.05, 0.1) is 22.3 Å².